The summed E-state index contributed by atoms with van der Waals surface area (Å²) in [6.45, 7) is 1.03. The molecule has 0 aliphatic heterocycles. The zero-order chi connectivity index (χ0) is 38.7. The van der Waals surface area contributed by atoms with Gasteiger partial charge in [-0.1, -0.05) is 58.7 Å². The highest BCUT2D eigenvalue weighted by Crippen LogP contribution is 2.40. The van der Waals surface area contributed by atoms with Gasteiger partial charge in [0.1, 0.15) is 0 Å². The van der Waals surface area contributed by atoms with Crippen molar-refractivity contribution in [3.05, 3.63) is 108 Å². The molecular weight excluding hydrogens is 717 g/mol. The number of unbranched alkanes of at least 4 members (excludes halogenated alkanes) is 4. The van der Waals surface area contributed by atoms with Gasteiger partial charge in [-0.3, -0.25) is 19.2 Å². The molecule has 54 heavy (non-hydrogen) atoms. The van der Waals surface area contributed by atoms with E-state index in [2.05, 4.69) is 21.3 Å². The highest BCUT2D eigenvalue weighted by molar-refractivity contribution is 8.76. The van der Waals surface area contributed by atoms with E-state index in [1.165, 1.54) is 21.6 Å². The summed E-state index contributed by atoms with van der Waals surface area (Å²) in [6, 6.07) is 30.4. The Hall–Kier alpha value is -4.94. The van der Waals surface area contributed by atoms with Crippen LogP contribution < -0.4 is 31.1 Å². The van der Waals surface area contributed by atoms with E-state index in [0.717, 1.165) is 71.1 Å². The minimum Gasteiger partial charge on any atom is -0.378 e. The third-order valence-corrected chi connectivity index (χ3v) is 11.0. The monoisotopic (exact) mass is 768 g/mol. The van der Waals surface area contributed by atoms with Gasteiger partial charge in [-0.15, -0.1) is 0 Å². The summed E-state index contributed by atoms with van der Waals surface area (Å²) in [7, 11) is 10.8. The van der Waals surface area contributed by atoms with Gasteiger partial charge in [-0.05, 0) is 98.5 Å². The Morgan fingerprint density at radius 3 is 1.22 bits per heavy atom. The van der Waals surface area contributed by atoms with Crippen LogP contribution in [0.15, 0.2) is 107 Å². The third-order valence-electron chi connectivity index (χ3n) is 8.55. The second kappa shape index (κ2) is 22.3. The summed E-state index contributed by atoms with van der Waals surface area (Å²) in [5, 5.41) is 11.9. The van der Waals surface area contributed by atoms with Crippen molar-refractivity contribution in [3.8, 4) is 0 Å². The second-order valence-corrected chi connectivity index (χ2v) is 15.5. The highest BCUT2D eigenvalue weighted by Gasteiger charge is 2.15. The summed E-state index contributed by atoms with van der Waals surface area (Å²) in [5.41, 5.74) is 4.86. The maximum absolute atomic E-state index is 13.1. The number of carbonyl (C=O) groups is 4. The number of nitrogens with one attached hydrogen (secondary N) is 4. The van der Waals surface area contributed by atoms with Gasteiger partial charge in [0.25, 0.3) is 11.8 Å². The molecule has 4 amide bonds. The standard InChI is InChI=1S/C42H52N6O4S2/c1-47(2)33-25-21-31(22-26-33)45-39(49)19-7-5-13-29-43-41(51)35-15-9-11-17-37(35)53-54-38-18-12-10-16-36(38)42(52)44-30-14-6-8-20-40(50)46-32-23-27-34(28-24-32)48(3)4/h9-12,15-18,21-28H,5-8,13-14,19-20,29-30H2,1-4H3,(H,43,51)(H,44,52)(H,45,49)(H,46,50). The van der Waals surface area contributed by atoms with Crippen LogP contribution in [0.25, 0.3) is 0 Å². The molecule has 12 heteroatoms. The summed E-state index contributed by atoms with van der Waals surface area (Å²) >= 11 is 0. The molecule has 0 aliphatic carbocycles. The van der Waals surface area contributed by atoms with E-state index in [4.69, 9.17) is 0 Å². The molecule has 286 valence electrons. The Morgan fingerprint density at radius 1 is 0.481 bits per heavy atom. The average molecular weight is 769 g/mol. The fourth-order valence-corrected chi connectivity index (χ4v) is 7.80. The van der Waals surface area contributed by atoms with Crippen LogP contribution in [0, 0.1) is 0 Å². The van der Waals surface area contributed by atoms with Crippen molar-refractivity contribution >= 4 is 68.0 Å². The van der Waals surface area contributed by atoms with Gasteiger partial charge in [0.15, 0.2) is 0 Å². The van der Waals surface area contributed by atoms with E-state index in [1.54, 1.807) is 12.1 Å². The van der Waals surface area contributed by atoms with Crippen molar-refractivity contribution in [2.45, 2.75) is 61.2 Å². The van der Waals surface area contributed by atoms with Gasteiger partial charge in [-0.25, -0.2) is 0 Å². The molecular formula is C42H52N6O4S2. The lowest BCUT2D eigenvalue weighted by Crippen LogP contribution is -2.25. The number of nitrogens with zero attached hydrogens (tertiary/aromatic N) is 2. The number of rotatable bonds is 21. The van der Waals surface area contributed by atoms with Crippen molar-refractivity contribution in [1.82, 2.24) is 10.6 Å². The van der Waals surface area contributed by atoms with Crippen molar-refractivity contribution in [3.63, 3.8) is 0 Å². The number of carbonyl (C=O) groups excluding carboxylic acids is 4. The van der Waals surface area contributed by atoms with E-state index in [1.807, 2.05) is 123 Å². The average Bonchev–Trinajstić information content (AvgIpc) is 3.17. The summed E-state index contributed by atoms with van der Waals surface area (Å²) < 4.78 is 0. The Labute approximate surface area is 327 Å². The van der Waals surface area contributed by atoms with E-state index in [0.29, 0.717) is 37.1 Å². The molecule has 0 saturated heterocycles. The lowest BCUT2D eigenvalue weighted by Gasteiger charge is -2.13. The van der Waals surface area contributed by atoms with Gasteiger partial charge >= 0.3 is 0 Å². The largest absolute Gasteiger partial charge is 0.378 e. The minimum absolute atomic E-state index is 0.0178. The van der Waals surface area contributed by atoms with Crippen molar-refractivity contribution in [1.29, 1.82) is 0 Å². The minimum atomic E-state index is -0.153. The maximum Gasteiger partial charge on any atom is 0.252 e. The molecule has 0 spiro atoms. The Kier molecular flexibility index (Phi) is 17.3. The Balaban J connectivity index is 1.13. The first kappa shape index (κ1) is 41.8. The summed E-state index contributed by atoms with van der Waals surface area (Å²) in [4.78, 5) is 56.6. The van der Waals surface area contributed by atoms with Crippen LogP contribution in [-0.2, 0) is 9.59 Å². The highest BCUT2D eigenvalue weighted by atomic mass is 33.1. The summed E-state index contributed by atoms with van der Waals surface area (Å²) in [6.07, 6.45) is 5.50. The fourth-order valence-electron chi connectivity index (χ4n) is 5.45. The van der Waals surface area contributed by atoms with Crippen LogP contribution in [0.1, 0.15) is 72.1 Å². The van der Waals surface area contributed by atoms with Gasteiger partial charge < -0.3 is 31.1 Å². The predicted octanol–water partition coefficient (Wildman–Crippen LogP) is 8.48. The number of amides is 4. The molecule has 10 nitrogen and oxygen atoms in total. The summed E-state index contributed by atoms with van der Waals surface area (Å²) in [5.74, 6) is -0.342. The van der Waals surface area contributed by atoms with Gasteiger partial charge in [0.05, 0.1) is 11.1 Å². The Bertz CT molecular complexity index is 1680. The van der Waals surface area contributed by atoms with Crippen LogP contribution in [0.4, 0.5) is 22.7 Å². The lowest BCUT2D eigenvalue weighted by molar-refractivity contribution is -0.117. The number of hydrogen-bond donors (Lipinski definition) is 4. The molecule has 0 aliphatic rings. The smallest absolute Gasteiger partial charge is 0.252 e. The first-order valence-electron chi connectivity index (χ1n) is 18.3. The van der Waals surface area contributed by atoms with Crippen LogP contribution in [0.3, 0.4) is 0 Å². The molecule has 4 aromatic carbocycles. The van der Waals surface area contributed by atoms with Crippen molar-refractivity contribution < 1.29 is 19.2 Å². The van der Waals surface area contributed by atoms with Gasteiger partial charge in [0, 0.05) is 86.7 Å². The molecule has 0 fully saturated rings. The van der Waals surface area contributed by atoms with Crippen LogP contribution in [0.5, 0.6) is 0 Å². The third kappa shape index (κ3) is 14.1. The zero-order valence-electron chi connectivity index (χ0n) is 31.7. The second-order valence-electron chi connectivity index (χ2n) is 13.3. The zero-order valence-corrected chi connectivity index (χ0v) is 33.3. The van der Waals surface area contributed by atoms with E-state index in [9.17, 15) is 19.2 Å². The molecule has 0 saturated carbocycles. The van der Waals surface area contributed by atoms with Gasteiger partial charge in [0.2, 0.25) is 11.8 Å². The fraction of sp³-hybridized carbons (Fsp3) is 0.333. The van der Waals surface area contributed by atoms with Crippen LogP contribution >= 0.6 is 21.6 Å². The topological polar surface area (TPSA) is 123 Å². The molecule has 0 heterocycles. The molecule has 0 aromatic heterocycles. The molecule has 0 radical (unpaired) electrons. The molecule has 4 aromatic rings. The first-order chi connectivity index (χ1) is 26.1. The van der Waals surface area contributed by atoms with Gasteiger partial charge in [-0.2, -0.15) is 0 Å². The van der Waals surface area contributed by atoms with Crippen molar-refractivity contribution in [2.24, 2.45) is 0 Å². The lowest BCUT2D eigenvalue weighted by atomic mass is 10.1. The normalized spacial score (nSPS) is 10.7. The van der Waals surface area contributed by atoms with E-state index < -0.39 is 0 Å². The Morgan fingerprint density at radius 2 is 0.852 bits per heavy atom. The quantitative estimate of drug-likeness (QED) is 0.0492. The van der Waals surface area contributed by atoms with Crippen LogP contribution in [0.2, 0.25) is 0 Å². The molecule has 4 rings (SSSR count). The maximum atomic E-state index is 13.1. The number of benzene rings is 4. The molecule has 0 bridgehead atoms. The van der Waals surface area contributed by atoms with Crippen molar-refractivity contribution in [2.75, 3.05) is 61.7 Å². The predicted molar refractivity (Wildman–Crippen MR) is 225 cm³/mol. The first-order valence-corrected chi connectivity index (χ1v) is 20.5. The van der Waals surface area contributed by atoms with E-state index in [-0.39, 0.29) is 23.6 Å². The van der Waals surface area contributed by atoms with E-state index >= 15 is 0 Å². The molecule has 0 unspecified atom stereocenters. The molecule has 0 atom stereocenters. The SMILES string of the molecule is CN(C)c1ccc(NC(=O)CCCCCNC(=O)c2ccccc2SSc2ccccc2C(=O)NCCCCCC(=O)Nc2ccc(N(C)C)cc2)cc1. The van der Waals surface area contributed by atoms with Crippen LogP contribution in [-0.4, -0.2) is 64.9 Å². The molecule has 4 N–H and O–H groups in total. The number of hydrogen-bond acceptors (Lipinski definition) is 8. The number of anilines is 4.